The van der Waals surface area contributed by atoms with Gasteiger partial charge in [-0.1, -0.05) is 0 Å². The molecule has 7 heteroatoms. The molecule has 0 spiro atoms. The van der Waals surface area contributed by atoms with E-state index in [1.54, 1.807) is 18.0 Å². The third-order valence-corrected chi connectivity index (χ3v) is 4.13. The van der Waals surface area contributed by atoms with Gasteiger partial charge in [0.15, 0.2) is 0 Å². The Labute approximate surface area is 140 Å². The van der Waals surface area contributed by atoms with Gasteiger partial charge in [0.25, 0.3) is 0 Å². The summed E-state index contributed by atoms with van der Waals surface area (Å²) in [5.74, 6) is -0.562. The summed E-state index contributed by atoms with van der Waals surface area (Å²) in [7, 11) is 1.63. The van der Waals surface area contributed by atoms with Crippen LogP contribution in [-0.2, 0) is 16.1 Å². The summed E-state index contributed by atoms with van der Waals surface area (Å²) < 4.78 is 12.6. The second-order valence-corrected chi connectivity index (χ2v) is 5.79. The van der Waals surface area contributed by atoms with Crippen LogP contribution in [-0.4, -0.2) is 59.2 Å². The standard InChI is InChI=1S/C17H21N3O4/c1-23-15-3-4-16(20-6-2-5-18-20)13(9-15)10-19-7-8-24-12-14(11-19)17(21)22/h2-6,9,14H,7-8,10-12H2,1H3,(H,21,22). The first-order chi connectivity index (χ1) is 11.7. The Hall–Kier alpha value is -2.38. The van der Waals surface area contributed by atoms with Crippen molar-refractivity contribution in [1.82, 2.24) is 14.7 Å². The molecule has 2 heterocycles. The van der Waals surface area contributed by atoms with Crippen LogP contribution in [0.5, 0.6) is 5.75 Å². The normalized spacial score (nSPS) is 19.0. The lowest BCUT2D eigenvalue weighted by molar-refractivity contribution is -0.143. The number of carboxylic acids is 1. The van der Waals surface area contributed by atoms with Crippen molar-refractivity contribution in [2.24, 2.45) is 5.92 Å². The molecule has 2 aromatic rings. The molecule has 1 aromatic carbocycles. The highest BCUT2D eigenvalue weighted by atomic mass is 16.5. The van der Waals surface area contributed by atoms with Crippen molar-refractivity contribution >= 4 is 5.97 Å². The Morgan fingerprint density at radius 2 is 2.38 bits per heavy atom. The van der Waals surface area contributed by atoms with Gasteiger partial charge in [-0.2, -0.15) is 5.10 Å². The average Bonchev–Trinajstić information content (AvgIpc) is 3.01. The summed E-state index contributed by atoms with van der Waals surface area (Å²) in [6, 6.07) is 7.70. The lowest BCUT2D eigenvalue weighted by Crippen LogP contribution is -2.33. The number of hydrogen-bond acceptors (Lipinski definition) is 5. The first-order valence-corrected chi connectivity index (χ1v) is 7.87. The number of carbonyl (C=O) groups is 1. The van der Waals surface area contributed by atoms with Gasteiger partial charge in [-0.15, -0.1) is 0 Å². The first kappa shape index (κ1) is 16.5. The van der Waals surface area contributed by atoms with Crippen LogP contribution in [0, 0.1) is 5.92 Å². The number of aromatic nitrogens is 2. The smallest absolute Gasteiger partial charge is 0.310 e. The molecule has 1 atom stereocenters. The predicted octanol–water partition coefficient (Wildman–Crippen LogP) is 1.41. The molecule has 0 amide bonds. The molecule has 1 fully saturated rings. The molecular formula is C17H21N3O4. The molecule has 128 valence electrons. The number of benzene rings is 1. The zero-order chi connectivity index (χ0) is 16.9. The largest absolute Gasteiger partial charge is 0.497 e. The molecule has 1 aliphatic rings. The summed E-state index contributed by atoms with van der Waals surface area (Å²) in [6.45, 7) is 2.56. The summed E-state index contributed by atoms with van der Waals surface area (Å²) in [4.78, 5) is 13.4. The van der Waals surface area contributed by atoms with Gasteiger partial charge in [0.2, 0.25) is 0 Å². The van der Waals surface area contributed by atoms with Gasteiger partial charge in [-0.25, -0.2) is 4.68 Å². The van der Waals surface area contributed by atoms with E-state index in [9.17, 15) is 9.90 Å². The minimum Gasteiger partial charge on any atom is -0.497 e. The van der Waals surface area contributed by atoms with Crippen LogP contribution in [0.1, 0.15) is 5.56 Å². The Kier molecular flexibility index (Phi) is 5.12. The van der Waals surface area contributed by atoms with E-state index < -0.39 is 11.9 Å². The van der Waals surface area contributed by atoms with E-state index in [0.29, 0.717) is 26.2 Å². The fraction of sp³-hybridized carbons (Fsp3) is 0.412. The van der Waals surface area contributed by atoms with Gasteiger partial charge in [0.05, 0.1) is 31.9 Å². The van der Waals surface area contributed by atoms with E-state index in [0.717, 1.165) is 17.0 Å². The number of methoxy groups -OCH3 is 1. The maximum Gasteiger partial charge on any atom is 0.310 e. The van der Waals surface area contributed by atoms with Crippen LogP contribution < -0.4 is 4.74 Å². The SMILES string of the molecule is COc1ccc(-n2cccn2)c(CN2CCOCC(C(=O)O)C2)c1. The third-order valence-electron chi connectivity index (χ3n) is 4.13. The van der Waals surface area contributed by atoms with Gasteiger partial charge >= 0.3 is 5.97 Å². The minimum absolute atomic E-state index is 0.260. The summed E-state index contributed by atoms with van der Waals surface area (Å²) in [5, 5.41) is 13.6. The molecule has 1 aromatic heterocycles. The van der Waals surface area contributed by atoms with Crippen LogP contribution in [0.4, 0.5) is 0 Å². The Bertz CT molecular complexity index is 687. The van der Waals surface area contributed by atoms with E-state index in [2.05, 4.69) is 10.00 Å². The van der Waals surface area contributed by atoms with Crippen LogP contribution in [0.25, 0.3) is 5.69 Å². The molecule has 0 radical (unpaired) electrons. The molecule has 1 unspecified atom stereocenters. The zero-order valence-electron chi connectivity index (χ0n) is 13.6. The van der Waals surface area contributed by atoms with Gasteiger partial charge in [0.1, 0.15) is 5.75 Å². The van der Waals surface area contributed by atoms with Gasteiger partial charge in [-0.05, 0) is 29.8 Å². The average molecular weight is 331 g/mol. The number of rotatable bonds is 5. The minimum atomic E-state index is -0.820. The fourth-order valence-electron chi connectivity index (χ4n) is 2.86. The van der Waals surface area contributed by atoms with Crippen molar-refractivity contribution in [1.29, 1.82) is 0 Å². The summed E-state index contributed by atoms with van der Waals surface area (Å²) in [6.07, 6.45) is 3.62. The second kappa shape index (κ2) is 7.46. The Morgan fingerprint density at radius 3 is 3.08 bits per heavy atom. The number of hydrogen-bond donors (Lipinski definition) is 1. The Balaban J connectivity index is 1.86. The van der Waals surface area contributed by atoms with Crippen LogP contribution in [0.15, 0.2) is 36.7 Å². The molecule has 0 saturated carbocycles. The molecule has 1 aliphatic heterocycles. The van der Waals surface area contributed by atoms with Crippen molar-refractivity contribution in [3.05, 3.63) is 42.2 Å². The molecule has 0 bridgehead atoms. The summed E-state index contributed by atoms with van der Waals surface area (Å²) >= 11 is 0. The van der Waals surface area contributed by atoms with Gasteiger partial charge in [-0.3, -0.25) is 9.69 Å². The topological polar surface area (TPSA) is 76.8 Å². The van der Waals surface area contributed by atoms with Gasteiger partial charge < -0.3 is 14.6 Å². The number of carboxylic acid groups (broad SMARTS) is 1. The van der Waals surface area contributed by atoms with Crippen molar-refractivity contribution < 1.29 is 19.4 Å². The number of aliphatic carboxylic acids is 1. The van der Waals surface area contributed by atoms with Crippen LogP contribution >= 0.6 is 0 Å². The lowest BCUT2D eigenvalue weighted by atomic mass is 10.1. The zero-order valence-corrected chi connectivity index (χ0v) is 13.6. The second-order valence-electron chi connectivity index (χ2n) is 5.79. The molecule has 24 heavy (non-hydrogen) atoms. The van der Waals surface area contributed by atoms with Crippen LogP contribution in [0.3, 0.4) is 0 Å². The Morgan fingerprint density at radius 1 is 1.50 bits per heavy atom. The third kappa shape index (κ3) is 3.74. The van der Waals surface area contributed by atoms with E-state index >= 15 is 0 Å². The lowest BCUT2D eigenvalue weighted by Gasteiger charge is -2.23. The van der Waals surface area contributed by atoms with Crippen molar-refractivity contribution in [2.75, 3.05) is 33.4 Å². The summed E-state index contributed by atoms with van der Waals surface area (Å²) in [5.41, 5.74) is 1.99. The van der Waals surface area contributed by atoms with Crippen molar-refractivity contribution in [3.63, 3.8) is 0 Å². The van der Waals surface area contributed by atoms with E-state index in [1.165, 1.54) is 0 Å². The van der Waals surface area contributed by atoms with Crippen molar-refractivity contribution in [3.8, 4) is 11.4 Å². The first-order valence-electron chi connectivity index (χ1n) is 7.87. The maximum atomic E-state index is 11.3. The fourth-order valence-corrected chi connectivity index (χ4v) is 2.86. The van der Waals surface area contributed by atoms with E-state index in [-0.39, 0.29) is 6.61 Å². The van der Waals surface area contributed by atoms with Crippen molar-refractivity contribution in [2.45, 2.75) is 6.54 Å². The molecule has 1 N–H and O–H groups in total. The molecule has 7 nitrogen and oxygen atoms in total. The van der Waals surface area contributed by atoms with Gasteiger partial charge in [0, 0.05) is 32.0 Å². The quantitative estimate of drug-likeness (QED) is 0.893. The van der Waals surface area contributed by atoms with E-state index in [1.807, 2.05) is 30.5 Å². The highest BCUT2D eigenvalue weighted by Gasteiger charge is 2.25. The monoisotopic (exact) mass is 331 g/mol. The highest BCUT2D eigenvalue weighted by molar-refractivity contribution is 5.70. The number of nitrogens with zero attached hydrogens (tertiary/aromatic N) is 3. The molecule has 0 aliphatic carbocycles. The predicted molar refractivity (Wildman–Crippen MR) is 87.3 cm³/mol. The van der Waals surface area contributed by atoms with E-state index in [4.69, 9.17) is 9.47 Å². The molecule has 1 saturated heterocycles. The molecular weight excluding hydrogens is 310 g/mol. The number of ether oxygens (including phenoxy) is 2. The molecule has 3 rings (SSSR count). The maximum absolute atomic E-state index is 11.3. The van der Waals surface area contributed by atoms with Crippen LogP contribution in [0.2, 0.25) is 0 Å². The highest BCUT2D eigenvalue weighted by Crippen LogP contribution is 2.23.